The fourth-order valence-corrected chi connectivity index (χ4v) is 24.7. The summed E-state index contributed by atoms with van der Waals surface area (Å²) >= 11 is 30.2. The van der Waals surface area contributed by atoms with Crippen molar-refractivity contribution in [1.29, 1.82) is 0 Å². The number of aliphatic imine (C=N–C) groups is 3. The van der Waals surface area contributed by atoms with E-state index in [0.29, 0.717) is 0 Å². The molecule has 132 heavy (non-hydrogen) atoms. The Kier molecular flexibility index (Phi) is 25.8. The first-order valence-corrected chi connectivity index (χ1v) is 54.7. The number of rotatable bonds is 6. The van der Waals surface area contributed by atoms with Gasteiger partial charge in [0.05, 0.1) is 95.9 Å². The Morgan fingerprint density at radius 3 is 0.939 bits per heavy atom. The van der Waals surface area contributed by atoms with Gasteiger partial charge in [-0.15, -0.1) is 0 Å². The molecule has 0 amide bonds. The molecule has 9 saturated heterocycles. The first-order valence-electron chi connectivity index (χ1n) is 39.0. The van der Waals surface area contributed by atoms with Crippen LogP contribution < -0.4 is 33.9 Å². The molecule has 12 aliphatic rings. The lowest BCUT2D eigenvalue weighted by atomic mass is 10.1. The molecular weight excluding hydrogens is 2010 g/mol. The van der Waals surface area contributed by atoms with Gasteiger partial charge in [-0.05, 0) is 59.0 Å². The van der Waals surface area contributed by atoms with Crippen LogP contribution in [0.3, 0.4) is 0 Å². The number of nitrogens with one attached hydrogen (secondary N) is 3. The third-order valence-corrected chi connectivity index (χ3v) is 31.5. The summed E-state index contributed by atoms with van der Waals surface area (Å²) in [6, 6.07) is 0. The minimum atomic E-state index is -4.36. The van der Waals surface area contributed by atoms with E-state index in [4.69, 9.17) is 159 Å². The summed E-state index contributed by atoms with van der Waals surface area (Å²) in [5, 5.41) is 0. The number of nitrogens with zero attached hydrogens (tertiary/aromatic N) is 18. The number of hydrogen-bond acceptors (Lipinski definition) is 45. The van der Waals surface area contributed by atoms with E-state index in [2.05, 4.69) is 87.0 Å². The number of nitrogens with two attached hydrogens (primary N) is 3. The average Bonchev–Trinajstić information content (AvgIpc) is 1.68. The lowest BCUT2D eigenvalue weighted by Crippen LogP contribution is -2.32. The third-order valence-electron chi connectivity index (χ3n) is 22.0. The number of ketones is 3. The van der Waals surface area contributed by atoms with E-state index in [1.807, 2.05) is 0 Å². The van der Waals surface area contributed by atoms with Crippen LogP contribution in [0.5, 0.6) is 0 Å². The topological polar surface area (TPSA) is 695 Å². The van der Waals surface area contributed by atoms with Gasteiger partial charge < -0.3 is 106 Å². The van der Waals surface area contributed by atoms with Gasteiger partial charge in [0.1, 0.15) is 73.6 Å². The van der Waals surface area contributed by atoms with E-state index in [1.165, 1.54) is 65.0 Å². The summed E-state index contributed by atoms with van der Waals surface area (Å²) in [5.74, 6) is -0.466. The molecule has 9 aromatic rings. The van der Waals surface area contributed by atoms with Crippen LogP contribution in [-0.2, 0) is 146 Å². The summed E-state index contributed by atoms with van der Waals surface area (Å²) in [6.45, 7) is -28.1. The van der Waals surface area contributed by atoms with Crippen molar-refractivity contribution in [3.63, 3.8) is 0 Å². The number of hydrogen-bond donors (Lipinski definition) is 12. The molecule has 0 aromatic carbocycles. The average molecular weight is 2080 g/mol. The smallest absolute Gasteiger partial charge is 0.369 e. The van der Waals surface area contributed by atoms with Crippen LogP contribution in [0.25, 0.3) is 33.5 Å². The van der Waals surface area contributed by atoms with Crippen LogP contribution in [0.1, 0.15) is 107 Å². The highest BCUT2D eigenvalue weighted by Crippen LogP contribution is 2.61. The second kappa shape index (κ2) is 36.3. The van der Waals surface area contributed by atoms with Crippen molar-refractivity contribution < 1.29 is 139 Å². The zero-order valence-electron chi connectivity index (χ0n) is 66.3. The van der Waals surface area contributed by atoms with Gasteiger partial charge in [-0.2, -0.15) is 15.0 Å². The zero-order chi connectivity index (χ0) is 92.9. The molecule has 6 unspecified atom stereocenters. The number of carbonyl (C=O) groups is 3. The van der Waals surface area contributed by atoms with Crippen LogP contribution in [0.2, 0.25) is 0 Å². The predicted molar refractivity (Wildman–Crippen MR) is 462 cm³/mol. The van der Waals surface area contributed by atoms with Crippen molar-refractivity contribution in [1.82, 2.24) is 87.2 Å². The molecule has 12 aliphatic heterocycles. The van der Waals surface area contributed by atoms with Gasteiger partial charge >= 0.3 is 40.4 Å². The zero-order valence-corrected chi connectivity index (χ0v) is 76.7. The lowest BCUT2D eigenvalue weighted by Gasteiger charge is -2.27. The highest BCUT2D eigenvalue weighted by Gasteiger charge is 2.57. The van der Waals surface area contributed by atoms with E-state index in [9.17, 15) is 57.8 Å². The molecule has 708 valence electrons. The number of anilines is 3. The third kappa shape index (κ3) is 18.9. The normalized spacial score (nSPS) is 37.7. The Balaban J connectivity index is 0.000000128. The summed E-state index contributed by atoms with van der Waals surface area (Å²) in [4.78, 5) is 185. The Morgan fingerprint density at radius 1 is 0.371 bits per heavy atom. The first kappa shape index (κ1) is 93.8. The van der Waals surface area contributed by atoms with Crippen LogP contribution >= 0.6 is 52.6 Å². The van der Waals surface area contributed by atoms with Gasteiger partial charge in [0.2, 0.25) is 17.8 Å². The van der Waals surface area contributed by atoms with Gasteiger partial charge in [0.15, 0.2) is 123 Å². The molecule has 6 bridgehead atoms. The molecule has 0 aliphatic carbocycles. The fraction of sp³-hybridized carbons (Fsp3) is 0.524. The monoisotopic (exact) mass is 2080 g/mol. The van der Waals surface area contributed by atoms with Crippen molar-refractivity contribution >= 4 is 216 Å². The van der Waals surface area contributed by atoms with Crippen molar-refractivity contribution in [3.05, 3.63) is 86.1 Å². The van der Waals surface area contributed by atoms with E-state index >= 15 is 13.2 Å². The first-order chi connectivity index (χ1) is 62.7. The van der Waals surface area contributed by atoms with Crippen LogP contribution in [0, 0.1) is 0 Å². The number of halogens is 3. The maximum atomic E-state index is 15.8. The molecule has 9 aromatic heterocycles. The van der Waals surface area contributed by atoms with E-state index in [1.54, 1.807) is 0 Å². The largest absolute Gasteiger partial charge is 0.386 e. The summed E-state index contributed by atoms with van der Waals surface area (Å²) in [6.07, 6.45) is -14.9. The highest BCUT2D eigenvalue weighted by molar-refractivity contribution is 8.44. The number of alkyl halides is 3. The fourth-order valence-electron chi connectivity index (χ4n) is 16.0. The van der Waals surface area contributed by atoms with E-state index in [-0.39, 0.29) is 142 Å². The molecule has 27 atom stereocenters. The number of thiol groups is 1. The Hall–Kier alpha value is -7.20. The highest BCUT2D eigenvalue weighted by atomic mass is 32.7. The number of nitrogen functional groups attached to an aromatic ring is 3. The van der Waals surface area contributed by atoms with Crippen LogP contribution in [0.4, 0.5) is 48.5 Å². The number of Topliss-reactive ketones (excluding diaryl/α,β-unsaturated/α-hetero) is 3. The molecule has 14 N–H and O–H groups in total. The molecule has 0 spiro atoms. The van der Waals surface area contributed by atoms with E-state index in [0.717, 1.165) is 19.0 Å². The molecule has 69 heteroatoms. The number of ether oxygens (including phenoxy) is 6. The Bertz CT molecular complexity index is 6130. The van der Waals surface area contributed by atoms with Crippen molar-refractivity contribution in [2.75, 3.05) is 56.8 Å². The van der Waals surface area contributed by atoms with Crippen LogP contribution in [0.15, 0.2) is 67.3 Å². The number of H-pyrrole nitrogens is 3. The Morgan fingerprint density at radius 2 is 0.636 bits per heavy atom. The minimum Gasteiger partial charge on any atom is -0.369 e. The summed E-state index contributed by atoms with van der Waals surface area (Å²) in [5.41, 5.74) is 15.2. The van der Waals surface area contributed by atoms with Crippen molar-refractivity contribution in [2.45, 2.75) is 168 Å². The number of imidazole rings is 6. The van der Waals surface area contributed by atoms with Gasteiger partial charge in [0, 0.05) is 57.2 Å². The molecule has 0 saturated carbocycles. The van der Waals surface area contributed by atoms with Crippen molar-refractivity contribution in [2.24, 2.45) is 15.0 Å². The van der Waals surface area contributed by atoms with Gasteiger partial charge in [-0.25, -0.2) is 62.6 Å². The molecule has 54 nitrogen and oxygen atoms in total. The molecule has 21 heterocycles. The molecule has 9 fully saturated rings. The number of aromatic nitrogens is 18. The van der Waals surface area contributed by atoms with Crippen molar-refractivity contribution in [3.8, 4) is 0 Å². The summed E-state index contributed by atoms with van der Waals surface area (Å²) < 4.78 is 172. The molecular formula is C63H69F3N24O30P6S6. The predicted octanol–water partition coefficient (Wildman–Crippen LogP) is 2.80. The van der Waals surface area contributed by atoms with Gasteiger partial charge in [0.25, 0.3) is 16.7 Å². The molecule has 21 rings (SSSR count). The molecule has 0 radical (unpaired) electrons. The number of fused-ring (bicyclic) bond motifs is 15. The second-order valence-corrected chi connectivity index (χ2v) is 47.3. The summed E-state index contributed by atoms with van der Waals surface area (Å²) in [7, 11) is 0. The van der Waals surface area contributed by atoms with Crippen LogP contribution in [-0.4, -0.2) is 279 Å². The second-order valence-electron chi connectivity index (χ2n) is 30.5. The maximum absolute atomic E-state index is 15.8. The van der Waals surface area contributed by atoms with Gasteiger partial charge in [-0.1, -0.05) is 12.2 Å². The SMILES string of the molecule is Nc1nc2c(ncn2[C@@H]2O[C@@H]3COP(O)(=S)O[C@H]4C[C@H](n5cnc6c5N=CCC6=O)O[C@@H]4COP(=O)(S)O[C@@H]2[C@@H]3F)c(=O)[nH]1.Nc1nc2c(ncn2[C@@H]2O[C@@H]3COP(O)(=S)O[C@H]4C[C@H](n5cnc6c5N=CCC6=O)O[C@@H]4COP(O)(=S)O[C@@H]2[C@@H]3F)c(=O)[nH]1.Nc1nc2c(ncn2[C@@H]2O[C@@H]3COP(O)(=S)O[C@H]4C[C@H](n5cnc6c5N=CCC6=O)O[C@@H]4COP(O)(=S)O[C@@H]2[C@@H]3F)c(=O)[nH]1. The number of carbonyl (C=O) groups excluding carboxylic acids is 3. The lowest BCUT2D eigenvalue weighted by molar-refractivity contribution is -0.0598. The van der Waals surface area contributed by atoms with E-state index < -0.39 is 226 Å². The minimum absolute atomic E-state index is 0.0523. The maximum Gasteiger partial charge on any atom is 0.386 e. The quantitative estimate of drug-likeness (QED) is 0.0841. The number of aromatic amines is 3. The standard InChI is InChI=1S/3C21H23FN8O10P2S2/c3*22-13-11-5-36-41(33,43)39-9-3-12(29-6-25-14-8(31)1-2-24-17(14)29)37-10(9)4-35-42(34,44)40-16(13)20(38-11)30-7-26-15-18(30)27-21(23)28-19(15)32/h3*2,6-7,9-13,16,20H,1,3-5H2,(H,33,43)(H,34,44)(H3,23,27,28,32)/t3*9-,10+,11+,12+,13+,16+,20+,41?,42?/m000/s1. The van der Waals surface area contributed by atoms with Gasteiger partial charge in [-0.3, -0.25) is 89.2 Å². The Labute approximate surface area is 764 Å².